The molecule has 0 aliphatic carbocycles. The Morgan fingerprint density at radius 3 is 2.86 bits per heavy atom. The quantitative estimate of drug-likeness (QED) is 0.895. The zero-order valence-electron chi connectivity index (χ0n) is 11.4. The maximum Gasteiger partial charge on any atom is 0.250 e. The molecule has 0 saturated carbocycles. The standard InChI is InChI=1S/C15H14BrClN2O2/c1-10-12(17)3-2-4-13(10)18-14(20)7-8-19-9-11(16)5-6-15(19)21/h2-6,9H,7-8H2,1H3,(H,18,20). The number of halogens is 2. The number of nitrogens with one attached hydrogen (secondary N) is 1. The summed E-state index contributed by atoms with van der Waals surface area (Å²) in [7, 11) is 0. The summed E-state index contributed by atoms with van der Waals surface area (Å²) in [6, 6.07) is 8.49. The van der Waals surface area contributed by atoms with Crippen LogP contribution in [0.1, 0.15) is 12.0 Å². The van der Waals surface area contributed by atoms with Gasteiger partial charge in [-0.05, 0) is 46.6 Å². The van der Waals surface area contributed by atoms with Crippen molar-refractivity contribution >= 4 is 39.1 Å². The Kier molecular flexibility index (Phi) is 5.20. The fourth-order valence-electron chi connectivity index (χ4n) is 1.85. The van der Waals surface area contributed by atoms with Crippen molar-refractivity contribution in [3.8, 4) is 0 Å². The number of hydrogen-bond donors (Lipinski definition) is 1. The van der Waals surface area contributed by atoms with E-state index >= 15 is 0 Å². The van der Waals surface area contributed by atoms with Gasteiger partial charge in [0.15, 0.2) is 0 Å². The number of benzene rings is 1. The first-order valence-electron chi connectivity index (χ1n) is 6.38. The molecule has 0 aliphatic rings. The lowest BCUT2D eigenvalue weighted by Crippen LogP contribution is -2.22. The molecule has 1 aromatic carbocycles. The van der Waals surface area contributed by atoms with Crippen LogP contribution in [0.15, 0.2) is 45.8 Å². The van der Waals surface area contributed by atoms with Crippen LogP contribution in [0.5, 0.6) is 0 Å². The Hall–Kier alpha value is -1.59. The van der Waals surface area contributed by atoms with E-state index in [1.54, 1.807) is 30.5 Å². The predicted molar refractivity (Wildman–Crippen MR) is 87.8 cm³/mol. The molecule has 2 rings (SSSR count). The van der Waals surface area contributed by atoms with Crippen molar-refractivity contribution in [3.63, 3.8) is 0 Å². The third-order valence-corrected chi connectivity index (χ3v) is 3.95. The molecule has 0 bridgehead atoms. The molecule has 0 atom stereocenters. The molecule has 0 radical (unpaired) electrons. The van der Waals surface area contributed by atoms with E-state index in [0.29, 0.717) is 17.3 Å². The lowest BCUT2D eigenvalue weighted by Gasteiger charge is -2.10. The van der Waals surface area contributed by atoms with Crippen LogP contribution in [0, 0.1) is 6.92 Å². The Bertz CT molecular complexity index is 728. The topological polar surface area (TPSA) is 51.1 Å². The van der Waals surface area contributed by atoms with Crippen LogP contribution < -0.4 is 10.9 Å². The van der Waals surface area contributed by atoms with E-state index in [2.05, 4.69) is 21.2 Å². The van der Waals surface area contributed by atoms with Gasteiger partial charge >= 0.3 is 0 Å². The molecule has 0 unspecified atom stereocenters. The number of rotatable bonds is 4. The number of carbonyl (C=O) groups excluding carboxylic acids is 1. The largest absolute Gasteiger partial charge is 0.326 e. The van der Waals surface area contributed by atoms with E-state index in [0.717, 1.165) is 10.0 Å². The van der Waals surface area contributed by atoms with Gasteiger partial charge in [-0.1, -0.05) is 17.7 Å². The minimum absolute atomic E-state index is 0.134. The molecule has 21 heavy (non-hydrogen) atoms. The van der Waals surface area contributed by atoms with Crippen molar-refractivity contribution in [2.45, 2.75) is 19.9 Å². The normalized spacial score (nSPS) is 10.4. The van der Waals surface area contributed by atoms with Gasteiger partial charge in [0.2, 0.25) is 5.91 Å². The molecule has 0 aliphatic heterocycles. The summed E-state index contributed by atoms with van der Waals surface area (Å²) in [5.74, 6) is -0.160. The second-order valence-corrected chi connectivity index (χ2v) is 5.91. The number of nitrogens with zero attached hydrogens (tertiary/aromatic N) is 1. The summed E-state index contributed by atoms with van der Waals surface area (Å²) >= 11 is 9.31. The average Bonchev–Trinajstić information content (AvgIpc) is 2.45. The summed E-state index contributed by atoms with van der Waals surface area (Å²) < 4.78 is 2.29. The van der Waals surface area contributed by atoms with E-state index in [4.69, 9.17) is 11.6 Å². The van der Waals surface area contributed by atoms with Crippen molar-refractivity contribution in [2.24, 2.45) is 0 Å². The van der Waals surface area contributed by atoms with Gasteiger partial charge in [0.05, 0.1) is 0 Å². The zero-order chi connectivity index (χ0) is 15.4. The van der Waals surface area contributed by atoms with Crippen molar-refractivity contribution in [3.05, 3.63) is 61.9 Å². The molecule has 1 heterocycles. The smallest absolute Gasteiger partial charge is 0.250 e. The molecular formula is C15H14BrClN2O2. The van der Waals surface area contributed by atoms with Gasteiger partial charge in [0.25, 0.3) is 5.56 Å². The molecule has 0 saturated heterocycles. The average molecular weight is 370 g/mol. The summed E-state index contributed by atoms with van der Waals surface area (Å²) in [4.78, 5) is 23.6. The highest BCUT2D eigenvalue weighted by Gasteiger charge is 2.07. The third kappa shape index (κ3) is 4.19. The van der Waals surface area contributed by atoms with E-state index in [1.165, 1.54) is 10.6 Å². The number of anilines is 1. The van der Waals surface area contributed by atoms with Crippen LogP contribution in [0.2, 0.25) is 5.02 Å². The summed E-state index contributed by atoms with van der Waals surface area (Å²) in [5, 5.41) is 3.41. The third-order valence-electron chi connectivity index (χ3n) is 3.07. The molecule has 1 amide bonds. The molecule has 6 heteroatoms. The highest BCUT2D eigenvalue weighted by atomic mass is 79.9. The van der Waals surface area contributed by atoms with Gasteiger partial charge in [-0.3, -0.25) is 9.59 Å². The Morgan fingerprint density at radius 1 is 1.33 bits per heavy atom. The highest BCUT2D eigenvalue weighted by Crippen LogP contribution is 2.22. The van der Waals surface area contributed by atoms with Gasteiger partial charge in [-0.15, -0.1) is 0 Å². The van der Waals surface area contributed by atoms with Crippen LogP contribution in [-0.4, -0.2) is 10.5 Å². The predicted octanol–water partition coefficient (Wildman–Crippen LogP) is 3.60. The highest BCUT2D eigenvalue weighted by molar-refractivity contribution is 9.10. The number of carbonyl (C=O) groups is 1. The molecule has 1 aromatic heterocycles. The number of amides is 1. The van der Waals surface area contributed by atoms with Crippen LogP contribution in [0.4, 0.5) is 5.69 Å². The summed E-state index contributed by atoms with van der Waals surface area (Å²) in [6.07, 6.45) is 1.88. The van der Waals surface area contributed by atoms with Crippen LogP contribution >= 0.6 is 27.5 Å². The fraction of sp³-hybridized carbons (Fsp3) is 0.200. The van der Waals surface area contributed by atoms with Gasteiger partial charge in [0.1, 0.15) is 0 Å². The van der Waals surface area contributed by atoms with E-state index in [9.17, 15) is 9.59 Å². The zero-order valence-corrected chi connectivity index (χ0v) is 13.7. The minimum atomic E-state index is -0.160. The molecule has 2 aromatic rings. The lowest BCUT2D eigenvalue weighted by molar-refractivity contribution is -0.116. The summed E-state index contributed by atoms with van der Waals surface area (Å²) in [5.41, 5.74) is 1.38. The van der Waals surface area contributed by atoms with Gasteiger partial charge in [0, 0.05) is 40.4 Å². The van der Waals surface area contributed by atoms with Crippen molar-refractivity contribution < 1.29 is 4.79 Å². The molecule has 0 spiro atoms. The minimum Gasteiger partial charge on any atom is -0.326 e. The molecule has 110 valence electrons. The van der Waals surface area contributed by atoms with Gasteiger partial charge in [-0.25, -0.2) is 0 Å². The lowest BCUT2D eigenvalue weighted by atomic mass is 10.2. The van der Waals surface area contributed by atoms with E-state index in [-0.39, 0.29) is 17.9 Å². The molecular weight excluding hydrogens is 356 g/mol. The number of hydrogen-bond acceptors (Lipinski definition) is 2. The van der Waals surface area contributed by atoms with Gasteiger partial charge in [-0.2, -0.15) is 0 Å². The van der Waals surface area contributed by atoms with Crippen molar-refractivity contribution in [1.82, 2.24) is 4.57 Å². The second-order valence-electron chi connectivity index (χ2n) is 4.59. The van der Waals surface area contributed by atoms with Gasteiger partial charge < -0.3 is 9.88 Å². The number of aryl methyl sites for hydroxylation is 1. The Labute approximate surface area is 135 Å². The first-order chi connectivity index (χ1) is 9.97. The van der Waals surface area contributed by atoms with Crippen LogP contribution in [-0.2, 0) is 11.3 Å². The van der Waals surface area contributed by atoms with E-state index < -0.39 is 0 Å². The number of aromatic nitrogens is 1. The molecule has 0 fully saturated rings. The monoisotopic (exact) mass is 368 g/mol. The van der Waals surface area contributed by atoms with E-state index in [1.807, 2.05) is 6.92 Å². The molecule has 1 N–H and O–H groups in total. The fourth-order valence-corrected chi connectivity index (χ4v) is 2.41. The number of pyridine rings is 1. The van der Waals surface area contributed by atoms with Crippen LogP contribution in [0.3, 0.4) is 0 Å². The summed E-state index contributed by atoms with van der Waals surface area (Å²) in [6.45, 7) is 2.17. The SMILES string of the molecule is Cc1c(Cl)cccc1NC(=O)CCn1cc(Br)ccc1=O. The first-order valence-corrected chi connectivity index (χ1v) is 7.55. The van der Waals surface area contributed by atoms with Crippen molar-refractivity contribution in [1.29, 1.82) is 0 Å². The maximum absolute atomic E-state index is 12.0. The van der Waals surface area contributed by atoms with Crippen molar-refractivity contribution in [2.75, 3.05) is 5.32 Å². The van der Waals surface area contributed by atoms with Crippen LogP contribution in [0.25, 0.3) is 0 Å². The first kappa shape index (κ1) is 15.8. The Morgan fingerprint density at radius 2 is 2.10 bits per heavy atom. The maximum atomic E-state index is 12.0. The molecule has 4 nitrogen and oxygen atoms in total. The Balaban J connectivity index is 2.01. The second kappa shape index (κ2) is 6.91.